The molecule has 1 aromatic carbocycles. The molecule has 2 rings (SSSR count). The lowest BCUT2D eigenvalue weighted by molar-refractivity contribution is 0.183. The fraction of sp³-hybridized carbons (Fsp3) is 0.625. The molecule has 106 valence electrons. The first-order valence-corrected chi connectivity index (χ1v) is 7.16. The predicted molar refractivity (Wildman–Crippen MR) is 80.8 cm³/mol. The smallest absolute Gasteiger partial charge is 0.0663 e. The Balaban J connectivity index is 2.00. The van der Waals surface area contributed by atoms with Gasteiger partial charge >= 0.3 is 0 Å². The van der Waals surface area contributed by atoms with Crippen LogP contribution in [0.3, 0.4) is 0 Å². The van der Waals surface area contributed by atoms with Crippen molar-refractivity contribution in [1.29, 1.82) is 0 Å². The summed E-state index contributed by atoms with van der Waals surface area (Å²) in [7, 11) is 3.89. The van der Waals surface area contributed by atoms with Gasteiger partial charge in [-0.15, -0.1) is 0 Å². The highest BCUT2D eigenvalue weighted by atomic mass is 16.5. The average molecular weight is 262 g/mol. The Morgan fingerprint density at radius 1 is 1.42 bits per heavy atom. The molecule has 1 aliphatic rings. The van der Waals surface area contributed by atoms with Crippen molar-refractivity contribution in [3.05, 3.63) is 29.3 Å². The Bertz CT molecular complexity index is 415. The normalized spacial score (nSPS) is 16.4. The van der Waals surface area contributed by atoms with Gasteiger partial charge in [0.05, 0.1) is 6.61 Å². The van der Waals surface area contributed by atoms with Crippen LogP contribution in [-0.4, -0.2) is 32.8 Å². The number of hydrogen-bond donors (Lipinski definition) is 1. The highest BCUT2D eigenvalue weighted by Crippen LogP contribution is 2.23. The van der Waals surface area contributed by atoms with Gasteiger partial charge < -0.3 is 15.0 Å². The molecule has 3 nitrogen and oxygen atoms in total. The van der Waals surface area contributed by atoms with Gasteiger partial charge in [-0.05, 0) is 43.9 Å². The first-order valence-electron chi connectivity index (χ1n) is 7.16. The van der Waals surface area contributed by atoms with Crippen molar-refractivity contribution < 1.29 is 4.74 Å². The van der Waals surface area contributed by atoms with Crippen LogP contribution >= 0.6 is 0 Å². The van der Waals surface area contributed by atoms with Crippen LogP contribution < -0.4 is 10.2 Å². The van der Waals surface area contributed by atoms with Gasteiger partial charge in [-0.2, -0.15) is 0 Å². The molecule has 0 spiro atoms. The largest absolute Gasteiger partial charge is 0.383 e. The van der Waals surface area contributed by atoms with Crippen molar-refractivity contribution in [2.45, 2.75) is 45.3 Å². The molecular formula is C16H26N2O. The van der Waals surface area contributed by atoms with Crippen LogP contribution in [0, 0.1) is 6.92 Å². The van der Waals surface area contributed by atoms with Crippen LogP contribution in [0.1, 0.15) is 30.9 Å². The summed E-state index contributed by atoms with van der Waals surface area (Å²) in [6.45, 7) is 6.11. The zero-order valence-electron chi connectivity index (χ0n) is 12.6. The van der Waals surface area contributed by atoms with Crippen molar-refractivity contribution in [1.82, 2.24) is 5.32 Å². The molecule has 1 unspecified atom stereocenters. The topological polar surface area (TPSA) is 24.5 Å². The number of ether oxygens (including phenoxy) is 1. The summed E-state index contributed by atoms with van der Waals surface area (Å²) < 4.78 is 5.23. The lowest BCUT2D eigenvalue weighted by Gasteiger charge is -2.28. The number of aryl methyl sites for hydroxylation is 1. The molecule has 1 N–H and O–H groups in total. The van der Waals surface area contributed by atoms with Crippen LogP contribution in [0.4, 0.5) is 5.69 Å². The van der Waals surface area contributed by atoms with Gasteiger partial charge in [0.1, 0.15) is 0 Å². The van der Waals surface area contributed by atoms with Gasteiger partial charge in [0, 0.05) is 38.5 Å². The minimum Gasteiger partial charge on any atom is -0.383 e. The van der Waals surface area contributed by atoms with Gasteiger partial charge in [0.25, 0.3) is 0 Å². The standard InChI is InChI=1S/C16H26N2O/c1-12-9-14(10-17-15-6-7-15)5-8-16(12)18(3)13(2)11-19-4/h5,8-9,13,15,17H,6-7,10-11H2,1-4H3. The van der Waals surface area contributed by atoms with E-state index in [9.17, 15) is 0 Å². The van der Waals surface area contributed by atoms with Crippen molar-refractivity contribution in [2.75, 3.05) is 25.7 Å². The maximum Gasteiger partial charge on any atom is 0.0663 e. The van der Waals surface area contributed by atoms with E-state index in [2.05, 4.69) is 49.3 Å². The van der Waals surface area contributed by atoms with Gasteiger partial charge in [0.2, 0.25) is 0 Å². The molecule has 1 atom stereocenters. The third-order valence-electron chi connectivity index (χ3n) is 3.88. The van der Waals surface area contributed by atoms with Crippen LogP contribution in [0.2, 0.25) is 0 Å². The van der Waals surface area contributed by atoms with Crippen molar-refractivity contribution in [3.63, 3.8) is 0 Å². The second-order valence-electron chi connectivity index (χ2n) is 5.69. The monoisotopic (exact) mass is 262 g/mol. The van der Waals surface area contributed by atoms with E-state index in [4.69, 9.17) is 4.74 Å². The van der Waals surface area contributed by atoms with Crippen molar-refractivity contribution >= 4 is 5.69 Å². The SMILES string of the molecule is COCC(C)N(C)c1ccc(CNC2CC2)cc1C. The molecule has 0 aromatic heterocycles. The quantitative estimate of drug-likeness (QED) is 0.817. The maximum absolute atomic E-state index is 5.23. The van der Waals surface area contributed by atoms with Gasteiger partial charge in [0.15, 0.2) is 0 Å². The van der Waals surface area contributed by atoms with Crippen LogP contribution in [0.15, 0.2) is 18.2 Å². The second kappa shape index (κ2) is 6.40. The number of nitrogens with one attached hydrogen (secondary N) is 1. The Morgan fingerprint density at radius 3 is 2.74 bits per heavy atom. The molecule has 3 heteroatoms. The van der Waals surface area contributed by atoms with E-state index in [1.807, 2.05) is 0 Å². The molecule has 0 amide bonds. The minimum atomic E-state index is 0.388. The number of likely N-dealkylation sites (N-methyl/N-ethyl adjacent to an activating group) is 1. The summed E-state index contributed by atoms with van der Waals surface area (Å²) >= 11 is 0. The minimum absolute atomic E-state index is 0.388. The molecule has 1 aliphatic carbocycles. The molecule has 0 bridgehead atoms. The molecule has 0 heterocycles. The van der Waals surface area contributed by atoms with E-state index in [0.717, 1.165) is 19.2 Å². The van der Waals surface area contributed by atoms with Crippen LogP contribution in [0.25, 0.3) is 0 Å². The average Bonchev–Trinajstić information content (AvgIpc) is 3.20. The lowest BCUT2D eigenvalue weighted by atomic mass is 10.1. The van der Waals surface area contributed by atoms with Crippen LogP contribution in [-0.2, 0) is 11.3 Å². The van der Waals surface area contributed by atoms with Gasteiger partial charge in [-0.25, -0.2) is 0 Å². The summed E-state index contributed by atoms with van der Waals surface area (Å²) in [6.07, 6.45) is 2.68. The van der Waals surface area contributed by atoms with Crippen molar-refractivity contribution in [2.24, 2.45) is 0 Å². The third kappa shape index (κ3) is 3.95. The van der Waals surface area contributed by atoms with E-state index < -0.39 is 0 Å². The Hall–Kier alpha value is -1.06. The van der Waals surface area contributed by atoms with Gasteiger partial charge in [-0.1, -0.05) is 12.1 Å². The number of hydrogen-bond acceptors (Lipinski definition) is 3. The van der Waals surface area contributed by atoms with E-state index in [-0.39, 0.29) is 0 Å². The first-order chi connectivity index (χ1) is 9.11. The molecule has 0 radical (unpaired) electrons. The number of rotatable bonds is 7. The number of benzene rings is 1. The summed E-state index contributed by atoms with van der Waals surface area (Å²) in [5.41, 5.74) is 4.00. The van der Waals surface area contributed by atoms with E-state index in [1.165, 1.54) is 29.7 Å². The summed E-state index contributed by atoms with van der Waals surface area (Å²) in [4.78, 5) is 2.29. The second-order valence-corrected chi connectivity index (χ2v) is 5.69. The fourth-order valence-electron chi connectivity index (χ4n) is 2.36. The highest BCUT2D eigenvalue weighted by molar-refractivity contribution is 5.54. The van der Waals surface area contributed by atoms with Crippen molar-refractivity contribution in [3.8, 4) is 0 Å². The number of methoxy groups -OCH3 is 1. The zero-order chi connectivity index (χ0) is 13.8. The highest BCUT2D eigenvalue weighted by Gasteiger charge is 2.20. The van der Waals surface area contributed by atoms with Crippen LogP contribution in [0.5, 0.6) is 0 Å². The fourth-order valence-corrected chi connectivity index (χ4v) is 2.36. The van der Waals surface area contributed by atoms with E-state index in [1.54, 1.807) is 7.11 Å². The molecule has 1 saturated carbocycles. The molecule has 0 saturated heterocycles. The summed E-state index contributed by atoms with van der Waals surface area (Å²) in [6, 6.07) is 7.91. The number of anilines is 1. The Morgan fingerprint density at radius 2 is 2.16 bits per heavy atom. The van der Waals surface area contributed by atoms with E-state index >= 15 is 0 Å². The maximum atomic E-state index is 5.23. The molecule has 1 aromatic rings. The summed E-state index contributed by atoms with van der Waals surface area (Å²) in [5.74, 6) is 0. The molecule has 19 heavy (non-hydrogen) atoms. The predicted octanol–water partition coefficient (Wildman–Crippen LogP) is 2.72. The van der Waals surface area contributed by atoms with Gasteiger partial charge in [-0.3, -0.25) is 0 Å². The zero-order valence-corrected chi connectivity index (χ0v) is 12.6. The molecule has 1 fully saturated rings. The number of nitrogens with zero attached hydrogens (tertiary/aromatic N) is 1. The third-order valence-corrected chi connectivity index (χ3v) is 3.88. The Labute approximate surface area is 116 Å². The lowest BCUT2D eigenvalue weighted by Crippen LogP contribution is -2.33. The Kier molecular flexibility index (Phi) is 4.83. The molecular weight excluding hydrogens is 236 g/mol. The summed E-state index contributed by atoms with van der Waals surface area (Å²) in [5, 5.41) is 3.56. The first kappa shape index (κ1) is 14.4. The molecule has 0 aliphatic heterocycles. The van der Waals surface area contributed by atoms with E-state index in [0.29, 0.717) is 6.04 Å².